The Bertz CT molecular complexity index is 337. The summed E-state index contributed by atoms with van der Waals surface area (Å²) in [7, 11) is 1.60. The zero-order valence-corrected chi connectivity index (χ0v) is 8.43. The van der Waals surface area contributed by atoms with Crippen molar-refractivity contribution < 1.29 is 4.74 Å². The summed E-state index contributed by atoms with van der Waals surface area (Å²) in [6.07, 6.45) is 2.34. The molecule has 0 bridgehead atoms. The lowest BCUT2D eigenvalue weighted by molar-refractivity contribution is 0.391. The van der Waals surface area contributed by atoms with E-state index in [1.165, 1.54) is 12.8 Å². The van der Waals surface area contributed by atoms with E-state index in [0.29, 0.717) is 17.0 Å². The van der Waals surface area contributed by atoms with Crippen molar-refractivity contribution in [3.63, 3.8) is 0 Å². The van der Waals surface area contributed by atoms with Gasteiger partial charge in [-0.1, -0.05) is 11.6 Å². The smallest absolute Gasteiger partial charge is 0.220 e. The summed E-state index contributed by atoms with van der Waals surface area (Å²) >= 11 is 5.94. The molecule has 1 aromatic rings. The average Bonchev–Trinajstić information content (AvgIpc) is 2.92. The molecule has 0 unspecified atom stereocenters. The Balaban J connectivity index is 2.43. The molecule has 0 aromatic carbocycles. The van der Waals surface area contributed by atoms with Crippen molar-refractivity contribution >= 4 is 11.6 Å². The van der Waals surface area contributed by atoms with E-state index < -0.39 is 0 Å². The number of aromatic nitrogens is 2. The topological polar surface area (TPSA) is 35.0 Å². The van der Waals surface area contributed by atoms with Crippen LogP contribution in [0.15, 0.2) is 0 Å². The summed E-state index contributed by atoms with van der Waals surface area (Å²) in [4.78, 5) is 8.51. The molecule has 3 nitrogen and oxygen atoms in total. The molecule has 4 heteroatoms. The highest BCUT2D eigenvalue weighted by Gasteiger charge is 2.28. The van der Waals surface area contributed by atoms with Crippen LogP contribution in [0.5, 0.6) is 5.88 Å². The fourth-order valence-corrected chi connectivity index (χ4v) is 1.38. The van der Waals surface area contributed by atoms with Gasteiger partial charge in [0.25, 0.3) is 0 Å². The summed E-state index contributed by atoms with van der Waals surface area (Å²) < 4.78 is 5.11. The van der Waals surface area contributed by atoms with Gasteiger partial charge in [-0.25, -0.2) is 4.98 Å². The van der Waals surface area contributed by atoms with E-state index in [2.05, 4.69) is 9.97 Å². The molecule has 1 fully saturated rings. The number of halogens is 1. The summed E-state index contributed by atoms with van der Waals surface area (Å²) in [5.41, 5.74) is 0.813. The van der Waals surface area contributed by atoms with E-state index in [0.717, 1.165) is 11.4 Å². The molecule has 0 radical (unpaired) electrons. The van der Waals surface area contributed by atoms with E-state index in [4.69, 9.17) is 16.3 Å². The molecule has 13 heavy (non-hydrogen) atoms. The first-order valence-corrected chi connectivity index (χ1v) is 4.68. The van der Waals surface area contributed by atoms with Crippen LogP contribution in [0.4, 0.5) is 0 Å². The molecule has 1 saturated carbocycles. The molecular formula is C9H11ClN2O. The van der Waals surface area contributed by atoms with Crippen LogP contribution in [0, 0.1) is 6.92 Å². The maximum atomic E-state index is 5.94. The van der Waals surface area contributed by atoms with Crippen molar-refractivity contribution in [2.75, 3.05) is 7.11 Å². The van der Waals surface area contributed by atoms with Crippen LogP contribution in [-0.2, 0) is 0 Å². The molecule has 1 aliphatic carbocycles. The van der Waals surface area contributed by atoms with E-state index in [1.54, 1.807) is 7.11 Å². The van der Waals surface area contributed by atoms with Gasteiger partial charge in [0.05, 0.1) is 7.11 Å². The third-order valence-corrected chi connectivity index (χ3v) is 2.56. The molecule has 2 rings (SSSR count). The Morgan fingerprint density at radius 2 is 2.08 bits per heavy atom. The van der Waals surface area contributed by atoms with Gasteiger partial charge >= 0.3 is 0 Å². The first kappa shape index (κ1) is 8.75. The fraction of sp³-hybridized carbons (Fsp3) is 0.556. The minimum Gasteiger partial charge on any atom is -0.481 e. The second kappa shape index (κ2) is 3.14. The van der Waals surface area contributed by atoms with Crippen molar-refractivity contribution in [1.82, 2.24) is 9.97 Å². The minimum absolute atomic E-state index is 0.506. The van der Waals surface area contributed by atoms with E-state index in [-0.39, 0.29) is 0 Å². The minimum atomic E-state index is 0.506. The van der Waals surface area contributed by atoms with Crippen LogP contribution >= 0.6 is 11.6 Å². The number of hydrogen-bond acceptors (Lipinski definition) is 3. The standard InChI is InChI=1S/C9H11ClN2O/c1-5-7(10)11-8(6-3-4-6)12-9(5)13-2/h6H,3-4H2,1-2H3. The van der Waals surface area contributed by atoms with Gasteiger partial charge in [-0.3, -0.25) is 0 Å². The highest BCUT2D eigenvalue weighted by Crippen LogP contribution is 2.39. The lowest BCUT2D eigenvalue weighted by Gasteiger charge is -2.06. The average molecular weight is 199 g/mol. The Hall–Kier alpha value is -0.830. The lowest BCUT2D eigenvalue weighted by atomic mass is 10.3. The van der Waals surface area contributed by atoms with Gasteiger partial charge in [0.2, 0.25) is 5.88 Å². The van der Waals surface area contributed by atoms with Gasteiger partial charge < -0.3 is 4.74 Å². The quantitative estimate of drug-likeness (QED) is 0.685. The van der Waals surface area contributed by atoms with Gasteiger partial charge in [0.1, 0.15) is 11.0 Å². The second-order valence-electron chi connectivity index (χ2n) is 3.28. The molecule has 1 heterocycles. The van der Waals surface area contributed by atoms with E-state index in [1.807, 2.05) is 6.92 Å². The Labute approximate surface area is 82.1 Å². The Kier molecular flexibility index (Phi) is 2.12. The van der Waals surface area contributed by atoms with E-state index >= 15 is 0 Å². The van der Waals surface area contributed by atoms with Gasteiger partial charge in [0, 0.05) is 11.5 Å². The van der Waals surface area contributed by atoms with Crippen LogP contribution in [0.2, 0.25) is 5.15 Å². The van der Waals surface area contributed by atoms with Crippen LogP contribution in [0.3, 0.4) is 0 Å². The molecule has 0 atom stereocenters. The third kappa shape index (κ3) is 1.61. The van der Waals surface area contributed by atoms with Crippen LogP contribution in [0.1, 0.15) is 30.1 Å². The maximum absolute atomic E-state index is 5.94. The highest BCUT2D eigenvalue weighted by atomic mass is 35.5. The summed E-state index contributed by atoms with van der Waals surface area (Å²) in [5.74, 6) is 1.93. The van der Waals surface area contributed by atoms with Gasteiger partial charge in [-0.2, -0.15) is 4.98 Å². The van der Waals surface area contributed by atoms with Crippen molar-refractivity contribution in [3.8, 4) is 5.88 Å². The number of methoxy groups -OCH3 is 1. The SMILES string of the molecule is COc1nc(C2CC2)nc(Cl)c1C. The van der Waals surface area contributed by atoms with Gasteiger partial charge in [0.15, 0.2) is 0 Å². The fourth-order valence-electron chi connectivity index (χ4n) is 1.21. The lowest BCUT2D eigenvalue weighted by Crippen LogP contribution is -1.99. The van der Waals surface area contributed by atoms with Crippen molar-refractivity contribution in [2.24, 2.45) is 0 Å². The summed E-state index contributed by atoms with van der Waals surface area (Å²) in [6.45, 7) is 1.86. The largest absolute Gasteiger partial charge is 0.481 e. The first-order chi connectivity index (χ1) is 6.22. The zero-order chi connectivity index (χ0) is 9.42. The monoisotopic (exact) mass is 198 g/mol. The third-order valence-electron chi connectivity index (χ3n) is 2.19. The van der Waals surface area contributed by atoms with Crippen LogP contribution in [0.25, 0.3) is 0 Å². The molecule has 1 aromatic heterocycles. The second-order valence-corrected chi connectivity index (χ2v) is 3.64. The van der Waals surface area contributed by atoms with Crippen molar-refractivity contribution in [1.29, 1.82) is 0 Å². The first-order valence-electron chi connectivity index (χ1n) is 4.30. The molecule has 70 valence electrons. The zero-order valence-electron chi connectivity index (χ0n) is 7.67. The normalized spacial score (nSPS) is 15.9. The molecule has 0 N–H and O–H groups in total. The number of nitrogens with zero attached hydrogens (tertiary/aromatic N) is 2. The van der Waals surface area contributed by atoms with E-state index in [9.17, 15) is 0 Å². The van der Waals surface area contributed by atoms with Gasteiger partial charge in [-0.05, 0) is 19.8 Å². The summed E-state index contributed by atoms with van der Waals surface area (Å²) in [5, 5.41) is 0.508. The Morgan fingerprint density at radius 3 is 2.62 bits per heavy atom. The molecule has 1 aliphatic rings. The molecule has 0 spiro atoms. The van der Waals surface area contributed by atoms with Crippen molar-refractivity contribution in [3.05, 3.63) is 16.5 Å². The maximum Gasteiger partial charge on any atom is 0.220 e. The Morgan fingerprint density at radius 1 is 1.38 bits per heavy atom. The van der Waals surface area contributed by atoms with Crippen LogP contribution < -0.4 is 4.74 Å². The molecule has 0 saturated heterocycles. The van der Waals surface area contributed by atoms with Crippen molar-refractivity contribution in [2.45, 2.75) is 25.7 Å². The predicted octanol–water partition coefficient (Wildman–Crippen LogP) is 2.32. The molecule has 0 amide bonds. The number of hydrogen-bond donors (Lipinski definition) is 0. The molecule has 0 aliphatic heterocycles. The molecular weight excluding hydrogens is 188 g/mol. The number of rotatable bonds is 2. The van der Waals surface area contributed by atoms with Gasteiger partial charge in [-0.15, -0.1) is 0 Å². The number of ether oxygens (including phenoxy) is 1. The van der Waals surface area contributed by atoms with Crippen LogP contribution in [-0.4, -0.2) is 17.1 Å². The highest BCUT2D eigenvalue weighted by molar-refractivity contribution is 6.30. The summed E-state index contributed by atoms with van der Waals surface area (Å²) in [6, 6.07) is 0. The predicted molar refractivity (Wildman–Crippen MR) is 50.3 cm³/mol.